The van der Waals surface area contributed by atoms with Crippen molar-refractivity contribution < 1.29 is 4.39 Å². The fourth-order valence-corrected chi connectivity index (χ4v) is 1.69. The van der Waals surface area contributed by atoms with Crippen molar-refractivity contribution in [1.29, 1.82) is 0 Å². The summed E-state index contributed by atoms with van der Waals surface area (Å²) in [5.74, 6) is 0.148. The Hall–Kier alpha value is -1.69. The van der Waals surface area contributed by atoms with Crippen molar-refractivity contribution in [1.82, 2.24) is 9.97 Å². The van der Waals surface area contributed by atoms with E-state index in [1.165, 1.54) is 18.5 Å². The molecule has 4 nitrogen and oxygen atoms in total. The Labute approximate surface area is 106 Å². The maximum atomic E-state index is 13.4. The van der Waals surface area contributed by atoms with Crippen LogP contribution in [0.5, 0.6) is 0 Å². The van der Waals surface area contributed by atoms with Gasteiger partial charge in [0.25, 0.3) is 0 Å². The Morgan fingerprint density at radius 3 is 2.71 bits per heavy atom. The van der Waals surface area contributed by atoms with Gasteiger partial charge < -0.3 is 11.1 Å². The Balaban J connectivity index is 2.07. The number of nitrogens with zero attached hydrogens (tertiary/aromatic N) is 2. The van der Waals surface area contributed by atoms with E-state index >= 15 is 0 Å². The van der Waals surface area contributed by atoms with Crippen molar-refractivity contribution in [3.05, 3.63) is 46.4 Å². The highest BCUT2D eigenvalue weighted by molar-refractivity contribution is 9.10. The first-order valence-corrected chi connectivity index (χ1v) is 5.70. The number of halogens is 2. The zero-order valence-corrected chi connectivity index (χ0v) is 10.4. The molecule has 0 saturated carbocycles. The van der Waals surface area contributed by atoms with E-state index in [9.17, 15) is 4.39 Å². The van der Waals surface area contributed by atoms with Gasteiger partial charge in [-0.3, -0.25) is 0 Å². The van der Waals surface area contributed by atoms with Crippen LogP contribution in [-0.2, 0) is 6.54 Å². The lowest BCUT2D eigenvalue weighted by Gasteiger charge is -2.06. The van der Waals surface area contributed by atoms with E-state index in [-0.39, 0.29) is 5.82 Å². The summed E-state index contributed by atoms with van der Waals surface area (Å²) >= 11 is 3.29. The highest BCUT2D eigenvalue weighted by Gasteiger charge is 2.03. The molecule has 1 aromatic heterocycles. The van der Waals surface area contributed by atoms with Crippen LogP contribution in [0.25, 0.3) is 0 Å². The molecule has 0 amide bonds. The summed E-state index contributed by atoms with van der Waals surface area (Å²) in [6, 6.07) is 4.77. The predicted octanol–water partition coefficient (Wildman–Crippen LogP) is 2.57. The molecule has 6 heteroatoms. The van der Waals surface area contributed by atoms with Gasteiger partial charge >= 0.3 is 0 Å². The zero-order valence-electron chi connectivity index (χ0n) is 8.82. The standard InChI is InChI=1S/C11H10BrFN4/c12-8-1-2-10(13)7(3-8)4-15-11-16-5-9(14)6-17-11/h1-3,5-6H,4,14H2,(H,15,16,17). The lowest BCUT2D eigenvalue weighted by molar-refractivity contribution is 0.612. The van der Waals surface area contributed by atoms with Crippen molar-refractivity contribution in [2.75, 3.05) is 11.1 Å². The second kappa shape index (κ2) is 5.09. The Bertz CT molecular complexity index is 515. The first-order chi connectivity index (χ1) is 8.15. The van der Waals surface area contributed by atoms with Crippen molar-refractivity contribution >= 4 is 27.6 Å². The minimum atomic E-state index is -0.267. The second-order valence-electron chi connectivity index (χ2n) is 3.43. The highest BCUT2D eigenvalue weighted by atomic mass is 79.9. The van der Waals surface area contributed by atoms with Gasteiger partial charge in [-0.1, -0.05) is 15.9 Å². The number of aromatic nitrogens is 2. The minimum Gasteiger partial charge on any atom is -0.396 e. The Kier molecular flexibility index (Phi) is 3.53. The summed E-state index contributed by atoms with van der Waals surface area (Å²) in [4.78, 5) is 7.93. The summed E-state index contributed by atoms with van der Waals surface area (Å²) < 4.78 is 14.2. The predicted molar refractivity (Wildman–Crippen MR) is 67.9 cm³/mol. The largest absolute Gasteiger partial charge is 0.396 e. The van der Waals surface area contributed by atoms with Gasteiger partial charge in [0.15, 0.2) is 0 Å². The van der Waals surface area contributed by atoms with E-state index in [0.29, 0.717) is 23.7 Å². The monoisotopic (exact) mass is 296 g/mol. The van der Waals surface area contributed by atoms with Crippen LogP contribution in [0.4, 0.5) is 16.0 Å². The van der Waals surface area contributed by atoms with Crippen LogP contribution in [0.1, 0.15) is 5.56 Å². The molecule has 0 fully saturated rings. The maximum absolute atomic E-state index is 13.4. The molecule has 0 radical (unpaired) electrons. The van der Waals surface area contributed by atoms with E-state index < -0.39 is 0 Å². The van der Waals surface area contributed by atoms with Gasteiger partial charge in [0.05, 0.1) is 18.1 Å². The fourth-order valence-electron chi connectivity index (χ4n) is 1.28. The fraction of sp³-hybridized carbons (Fsp3) is 0.0909. The van der Waals surface area contributed by atoms with Crippen molar-refractivity contribution in [2.45, 2.75) is 6.54 Å². The van der Waals surface area contributed by atoms with E-state index in [1.54, 1.807) is 12.1 Å². The third-order valence-corrected chi connectivity index (χ3v) is 2.61. The number of benzene rings is 1. The number of hydrogen-bond donors (Lipinski definition) is 2. The average molecular weight is 297 g/mol. The minimum absolute atomic E-state index is 0.267. The molecule has 2 rings (SSSR count). The summed E-state index contributed by atoms with van der Waals surface area (Å²) in [6.45, 7) is 0.315. The third-order valence-electron chi connectivity index (χ3n) is 2.12. The number of hydrogen-bond acceptors (Lipinski definition) is 4. The molecule has 3 N–H and O–H groups in total. The molecular weight excluding hydrogens is 287 g/mol. The van der Waals surface area contributed by atoms with Gasteiger partial charge in [-0.05, 0) is 18.2 Å². The topological polar surface area (TPSA) is 63.8 Å². The van der Waals surface area contributed by atoms with Crippen molar-refractivity contribution in [3.8, 4) is 0 Å². The lowest BCUT2D eigenvalue weighted by atomic mass is 10.2. The van der Waals surface area contributed by atoms with Crippen molar-refractivity contribution in [3.63, 3.8) is 0 Å². The number of rotatable bonds is 3. The SMILES string of the molecule is Nc1cnc(NCc2cc(Br)ccc2F)nc1. The average Bonchev–Trinajstić information content (AvgIpc) is 2.32. The van der Waals surface area contributed by atoms with E-state index in [1.807, 2.05) is 0 Å². The zero-order chi connectivity index (χ0) is 12.3. The molecule has 88 valence electrons. The second-order valence-corrected chi connectivity index (χ2v) is 4.34. The van der Waals surface area contributed by atoms with E-state index in [2.05, 4.69) is 31.2 Å². The van der Waals surface area contributed by atoms with Crippen LogP contribution in [0.2, 0.25) is 0 Å². The van der Waals surface area contributed by atoms with Crippen LogP contribution in [0.3, 0.4) is 0 Å². The number of nitrogens with two attached hydrogens (primary N) is 1. The lowest BCUT2D eigenvalue weighted by Crippen LogP contribution is -2.05. The quantitative estimate of drug-likeness (QED) is 0.914. The van der Waals surface area contributed by atoms with Gasteiger partial charge in [-0.25, -0.2) is 14.4 Å². The van der Waals surface area contributed by atoms with Crippen molar-refractivity contribution in [2.24, 2.45) is 0 Å². The maximum Gasteiger partial charge on any atom is 0.222 e. The molecule has 1 aromatic carbocycles. The van der Waals surface area contributed by atoms with Crippen LogP contribution in [0, 0.1) is 5.82 Å². The van der Waals surface area contributed by atoms with Crippen LogP contribution < -0.4 is 11.1 Å². The molecule has 0 unspecified atom stereocenters. The summed E-state index contributed by atoms with van der Waals surface area (Å²) in [7, 11) is 0. The van der Waals surface area contributed by atoms with Gasteiger partial charge in [0.1, 0.15) is 5.82 Å². The van der Waals surface area contributed by atoms with Gasteiger partial charge in [0.2, 0.25) is 5.95 Å². The normalized spacial score (nSPS) is 10.2. The molecule has 0 aliphatic heterocycles. The number of nitrogens with one attached hydrogen (secondary N) is 1. The molecule has 0 aliphatic carbocycles. The van der Waals surface area contributed by atoms with Gasteiger partial charge in [-0.2, -0.15) is 0 Å². The molecule has 0 bridgehead atoms. The van der Waals surface area contributed by atoms with Gasteiger partial charge in [0, 0.05) is 16.6 Å². The molecular formula is C11H10BrFN4. The van der Waals surface area contributed by atoms with Crippen LogP contribution >= 0.6 is 15.9 Å². The number of nitrogen functional groups attached to an aromatic ring is 1. The first-order valence-electron chi connectivity index (χ1n) is 4.90. The first kappa shape index (κ1) is 11.8. The van der Waals surface area contributed by atoms with Crippen LogP contribution in [0.15, 0.2) is 35.1 Å². The molecule has 2 aromatic rings. The molecule has 0 spiro atoms. The summed E-state index contributed by atoms with van der Waals surface area (Å²) in [6.07, 6.45) is 2.99. The third kappa shape index (κ3) is 3.13. The molecule has 17 heavy (non-hydrogen) atoms. The van der Waals surface area contributed by atoms with Gasteiger partial charge in [-0.15, -0.1) is 0 Å². The van der Waals surface area contributed by atoms with E-state index in [0.717, 1.165) is 4.47 Å². The molecule has 1 heterocycles. The number of anilines is 2. The van der Waals surface area contributed by atoms with E-state index in [4.69, 9.17) is 5.73 Å². The Morgan fingerprint density at radius 1 is 1.29 bits per heavy atom. The highest BCUT2D eigenvalue weighted by Crippen LogP contribution is 2.16. The van der Waals surface area contributed by atoms with Crippen LogP contribution in [-0.4, -0.2) is 9.97 Å². The summed E-state index contributed by atoms with van der Waals surface area (Å²) in [5.41, 5.74) is 6.49. The molecule has 0 atom stereocenters. The smallest absolute Gasteiger partial charge is 0.222 e. The Morgan fingerprint density at radius 2 is 2.00 bits per heavy atom. The molecule has 0 aliphatic rings. The molecule has 0 saturated heterocycles. The summed E-state index contributed by atoms with van der Waals surface area (Å²) in [5, 5.41) is 2.92.